The van der Waals surface area contributed by atoms with Crippen LogP contribution >= 0.6 is 0 Å². The van der Waals surface area contributed by atoms with Crippen LogP contribution in [0.25, 0.3) is 56.4 Å². The van der Waals surface area contributed by atoms with Crippen molar-refractivity contribution in [1.29, 1.82) is 0 Å². The van der Waals surface area contributed by atoms with Crippen LogP contribution in [0.2, 0.25) is 0 Å². The number of benzene rings is 8. The lowest BCUT2D eigenvalue weighted by Crippen LogP contribution is -2.28. The number of aromatic nitrogens is 3. The first-order chi connectivity index (χ1) is 30.8. The van der Waals surface area contributed by atoms with Crippen molar-refractivity contribution in [2.24, 2.45) is 0 Å². The minimum atomic E-state index is -0.619. The average Bonchev–Trinajstić information content (AvgIpc) is 3.85. The highest BCUT2D eigenvalue weighted by Crippen LogP contribution is 2.59. The predicted octanol–water partition coefficient (Wildman–Crippen LogP) is 13.6. The summed E-state index contributed by atoms with van der Waals surface area (Å²) in [5.41, 5.74) is 17.1. The van der Waals surface area contributed by atoms with Crippen LogP contribution in [0.3, 0.4) is 0 Å². The van der Waals surface area contributed by atoms with Gasteiger partial charge in [0.2, 0.25) is 0 Å². The van der Waals surface area contributed by atoms with Crippen molar-refractivity contribution in [2.45, 2.75) is 17.9 Å². The van der Waals surface area contributed by atoms with Gasteiger partial charge in [-0.25, -0.2) is 15.0 Å². The number of rotatable bonds is 7. The Hall–Kier alpha value is -7.95. The van der Waals surface area contributed by atoms with E-state index in [1.54, 1.807) is 0 Å². The molecular formula is C58H40N4. The lowest BCUT2D eigenvalue weighted by Gasteiger charge is -2.34. The summed E-state index contributed by atoms with van der Waals surface area (Å²) in [7, 11) is 0. The molecular weight excluding hydrogens is 753 g/mol. The van der Waals surface area contributed by atoms with E-state index >= 15 is 0 Å². The SMILES string of the molecule is C1=C(c2ccc3c(c2)C(c2ccccc2)(c2ccccc2)c2cccc(-c4nc(-c5ccccc5)nc(-c5ccccc5)n4)c2-3)C=C2c3ccccc3N(c3ccccc3)C2C1. The number of nitrogens with zero attached hydrogens (tertiary/aromatic N) is 4. The van der Waals surface area contributed by atoms with E-state index in [4.69, 9.17) is 15.0 Å². The van der Waals surface area contributed by atoms with Crippen molar-refractivity contribution in [3.05, 3.63) is 258 Å². The largest absolute Gasteiger partial charge is 0.333 e. The first-order valence-corrected chi connectivity index (χ1v) is 21.4. The summed E-state index contributed by atoms with van der Waals surface area (Å²) >= 11 is 0. The van der Waals surface area contributed by atoms with Gasteiger partial charge in [0.25, 0.3) is 0 Å². The number of fused-ring (bicyclic) bond motifs is 6. The molecule has 0 N–H and O–H groups in total. The van der Waals surface area contributed by atoms with Gasteiger partial charge in [-0.1, -0.05) is 194 Å². The Bertz CT molecular complexity index is 3100. The molecule has 62 heavy (non-hydrogen) atoms. The van der Waals surface area contributed by atoms with Gasteiger partial charge in [0.1, 0.15) is 0 Å². The maximum atomic E-state index is 5.27. The van der Waals surface area contributed by atoms with Crippen molar-refractivity contribution in [1.82, 2.24) is 15.0 Å². The Morgan fingerprint density at radius 2 is 0.984 bits per heavy atom. The van der Waals surface area contributed by atoms with E-state index in [1.807, 2.05) is 36.4 Å². The number of hydrogen-bond donors (Lipinski definition) is 0. The maximum Gasteiger partial charge on any atom is 0.164 e. The number of anilines is 2. The monoisotopic (exact) mass is 792 g/mol. The first kappa shape index (κ1) is 35.9. The molecule has 0 spiro atoms. The third-order valence-corrected chi connectivity index (χ3v) is 12.9. The lowest BCUT2D eigenvalue weighted by molar-refractivity contribution is 0.768. The molecule has 1 unspecified atom stereocenters. The van der Waals surface area contributed by atoms with Gasteiger partial charge in [0, 0.05) is 33.6 Å². The van der Waals surface area contributed by atoms with Crippen molar-refractivity contribution >= 4 is 22.5 Å². The van der Waals surface area contributed by atoms with Crippen molar-refractivity contribution < 1.29 is 0 Å². The van der Waals surface area contributed by atoms with E-state index in [9.17, 15) is 0 Å². The Morgan fingerprint density at radius 1 is 0.435 bits per heavy atom. The Kier molecular flexibility index (Phi) is 8.49. The zero-order valence-electron chi connectivity index (χ0n) is 33.9. The van der Waals surface area contributed by atoms with Gasteiger partial charge < -0.3 is 4.90 Å². The fraction of sp³-hybridized carbons (Fsp3) is 0.0517. The summed E-state index contributed by atoms with van der Waals surface area (Å²) in [4.78, 5) is 18.1. The van der Waals surface area contributed by atoms with Crippen molar-refractivity contribution in [3.63, 3.8) is 0 Å². The standard InChI is InChI=1S/C58H40N4/c1-6-19-39(20-7-1)55-59-56(40-21-8-2-9-22-40)61-57(60-55)48-30-18-31-50-54(48)47-35-33-42(38-51(47)58(50,43-23-10-3-11-24-43)44-25-12-4-13-26-44)41-34-36-53-49(37-41)46-29-16-17-32-52(46)62(53)45-27-14-5-15-28-45/h1-35,37-38,53H,36H2. The molecule has 2 aliphatic carbocycles. The van der Waals surface area contributed by atoms with Crippen LogP contribution in [0.1, 0.15) is 39.8 Å². The number of allylic oxidation sites excluding steroid dienone is 2. The van der Waals surface area contributed by atoms with E-state index in [0.717, 1.165) is 28.7 Å². The fourth-order valence-corrected chi connectivity index (χ4v) is 10.2. The second kappa shape index (κ2) is 14.6. The van der Waals surface area contributed by atoms with Crippen molar-refractivity contribution in [3.8, 4) is 45.3 Å². The zero-order valence-corrected chi connectivity index (χ0v) is 33.9. The van der Waals surface area contributed by atoms with Gasteiger partial charge in [-0.3, -0.25) is 0 Å². The molecule has 292 valence electrons. The Labute approximate surface area is 361 Å². The molecule has 0 bridgehead atoms. The summed E-state index contributed by atoms with van der Waals surface area (Å²) < 4.78 is 0. The van der Waals surface area contributed by atoms with Crippen LogP contribution < -0.4 is 4.90 Å². The molecule has 2 heterocycles. The van der Waals surface area contributed by atoms with Crippen LogP contribution in [0.4, 0.5) is 11.4 Å². The van der Waals surface area contributed by atoms with Crippen LogP contribution in [0, 0.1) is 0 Å². The van der Waals surface area contributed by atoms with E-state index in [2.05, 4.69) is 193 Å². The summed E-state index contributed by atoms with van der Waals surface area (Å²) in [6.45, 7) is 0. The van der Waals surface area contributed by atoms with Crippen LogP contribution in [-0.2, 0) is 5.41 Å². The van der Waals surface area contributed by atoms with Crippen molar-refractivity contribution in [2.75, 3.05) is 4.90 Å². The molecule has 1 aromatic heterocycles. The molecule has 12 rings (SSSR count). The normalized spacial score (nSPS) is 15.5. The molecule has 4 nitrogen and oxygen atoms in total. The van der Waals surface area contributed by atoms with E-state index in [1.165, 1.54) is 61.5 Å². The summed E-state index contributed by atoms with van der Waals surface area (Å²) in [5.74, 6) is 1.94. The molecule has 8 aromatic carbocycles. The highest BCUT2D eigenvalue weighted by molar-refractivity contribution is 6.00. The third kappa shape index (κ3) is 5.64. The van der Waals surface area contributed by atoms with E-state index in [-0.39, 0.29) is 6.04 Å². The summed E-state index contributed by atoms with van der Waals surface area (Å²) in [5, 5.41) is 0. The van der Waals surface area contributed by atoms with Gasteiger partial charge in [-0.05, 0) is 86.9 Å². The highest BCUT2D eigenvalue weighted by Gasteiger charge is 2.47. The Balaban J connectivity index is 1.08. The summed E-state index contributed by atoms with van der Waals surface area (Å²) in [6.07, 6.45) is 5.79. The average molecular weight is 793 g/mol. The molecule has 0 radical (unpaired) electrons. The maximum absolute atomic E-state index is 5.27. The zero-order chi connectivity index (χ0) is 41.0. The van der Waals surface area contributed by atoms with Gasteiger partial charge >= 0.3 is 0 Å². The molecule has 0 saturated carbocycles. The molecule has 0 saturated heterocycles. The van der Waals surface area contributed by atoms with Crippen LogP contribution in [0.15, 0.2) is 224 Å². The smallest absolute Gasteiger partial charge is 0.164 e. The molecule has 4 heteroatoms. The van der Waals surface area contributed by atoms with Crippen LogP contribution in [-0.4, -0.2) is 21.0 Å². The first-order valence-electron chi connectivity index (χ1n) is 21.4. The minimum absolute atomic E-state index is 0.231. The number of para-hydroxylation sites is 2. The van der Waals surface area contributed by atoms with Gasteiger partial charge in [0.05, 0.1) is 11.5 Å². The second-order valence-electron chi connectivity index (χ2n) is 16.2. The third-order valence-electron chi connectivity index (χ3n) is 12.9. The predicted molar refractivity (Wildman–Crippen MR) is 253 cm³/mol. The quantitative estimate of drug-likeness (QED) is 0.161. The fourth-order valence-electron chi connectivity index (χ4n) is 10.2. The highest BCUT2D eigenvalue weighted by atomic mass is 15.2. The molecule has 9 aromatic rings. The van der Waals surface area contributed by atoms with E-state index < -0.39 is 5.41 Å². The lowest BCUT2D eigenvalue weighted by atomic mass is 9.67. The van der Waals surface area contributed by atoms with Gasteiger partial charge in [0.15, 0.2) is 17.5 Å². The summed E-state index contributed by atoms with van der Waals surface area (Å²) in [6, 6.07) is 76.2. The van der Waals surface area contributed by atoms with Gasteiger partial charge in [-0.2, -0.15) is 0 Å². The molecule has 1 atom stereocenters. The minimum Gasteiger partial charge on any atom is -0.333 e. The van der Waals surface area contributed by atoms with Crippen LogP contribution in [0.5, 0.6) is 0 Å². The Morgan fingerprint density at radius 3 is 1.63 bits per heavy atom. The molecule has 0 fully saturated rings. The van der Waals surface area contributed by atoms with E-state index in [0.29, 0.717) is 17.5 Å². The molecule has 3 aliphatic rings. The molecule has 1 aliphatic heterocycles. The topological polar surface area (TPSA) is 41.9 Å². The second-order valence-corrected chi connectivity index (χ2v) is 16.2. The molecule has 0 amide bonds. The number of hydrogen-bond acceptors (Lipinski definition) is 4. The van der Waals surface area contributed by atoms with Gasteiger partial charge in [-0.15, -0.1) is 0 Å².